The number of carbonyl (C=O) groups is 3. The summed E-state index contributed by atoms with van der Waals surface area (Å²) >= 11 is 0. The van der Waals surface area contributed by atoms with Crippen LogP contribution in [0.5, 0.6) is 0 Å². The maximum absolute atomic E-state index is 13.7. The van der Waals surface area contributed by atoms with Crippen LogP contribution in [0.15, 0.2) is 41.5 Å². The smallest absolute Gasteiger partial charge is 0.338 e. The summed E-state index contributed by atoms with van der Waals surface area (Å²) in [6.07, 6.45) is -8.39. The molecule has 5 rings (SSSR count). The number of esters is 3. The highest BCUT2D eigenvalue weighted by Gasteiger charge is 2.78. The number of rotatable bonds is 4. The Hall–Kier alpha value is -2.83. The van der Waals surface area contributed by atoms with Crippen LogP contribution in [0.25, 0.3) is 0 Å². The third-order valence-corrected chi connectivity index (χ3v) is 10.4. The minimum Gasteiger partial charge on any atom is -0.455 e. The van der Waals surface area contributed by atoms with E-state index >= 15 is 0 Å². The van der Waals surface area contributed by atoms with Gasteiger partial charge in [-0.2, -0.15) is 0 Å². The number of hydrogen-bond donors (Lipinski definition) is 4. The Labute approximate surface area is 244 Å². The lowest BCUT2D eigenvalue weighted by Crippen LogP contribution is -2.82. The zero-order chi connectivity index (χ0) is 31.0. The molecular formula is C31H40O11. The van der Waals surface area contributed by atoms with Crippen molar-refractivity contribution in [3.63, 3.8) is 0 Å². The Balaban J connectivity index is 1.83. The van der Waals surface area contributed by atoms with E-state index in [1.807, 2.05) is 0 Å². The number of aliphatic hydroxyl groups is 4. The molecule has 3 aliphatic carbocycles. The monoisotopic (exact) mass is 588 g/mol. The number of carbonyl (C=O) groups excluding carboxylic acids is 3. The molecule has 1 saturated heterocycles. The lowest BCUT2D eigenvalue weighted by atomic mass is 9.44. The second kappa shape index (κ2) is 10.1. The van der Waals surface area contributed by atoms with E-state index in [4.69, 9.17) is 18.9 Å². The molecule has 1 heterocycles. The van der Waals surface area contributed by atoms with E-state index in [2.05, 4.69) is 0 Å². The van der Waals surface area contributed by atoms with E-state index in [9.17, 15) is 34.8 Å². The minimum absolute atomic E-state index is 0.0496. The van der Waals surface area contributed by atoms with Crippen LogP contribution in [-0.4, -0.2) is 92.8 Å². The molecule has 3 fully saturated rings. The van der Waals surface area contributed by atoms with E-state index in [1.165, 1.54) is 13.8 Å². The molecule has 0 amide bonds. The molecule has 10 unspecified atom stereocenters. The van der Waals surface area contributed by atoms with Crippen molar-refractivity contribution in [2.45, 2.75) is 102 Å². The molecule has 0 spiro atoms. The molecule has 2 saturated carbocycles. The van der Waals surface area contributed by atoms with Gasteiger partial charge in [-0.3, -0.25) is 9.59 Å². The summed E-state index contributed by atoms with van der Waals surface area (Å²) in [4.78, 5) is 38.7. The summed E-state index contributed by atoms with van der Waals surface area (Å²) in [7, 11) is 0. The average Bonchev–Trinajstić information content (AvgIpc) is 2.90. The van der Waals surface area contributed by atoms with Gasteiger partial charge in [0.1, 0.15) is 23.9 Å². The summed E-state index contributed by atoms with van der Waals surface area (Å²) < 4.78 is 23.7. The van der Waals surface area contributed by atoms with Crippen LogP contribution < -0.4 is 0 Å². The fraction of sp³-hybridized carbons (Fsp3) is 0.645. The minimum atomic E-state index is -2.07. The molecule has 10 atom stereocenters. The van der Waals surface area contributed by atoms with Crippen LogP contribution >= 0.6 is 0 Å². The molecule has 42 heavy (non-hydrogen) atoms. The Morgan fingerprint density at radius 1 is 0.976 bits per heavy atom. The largest absolute Gasteiger partial charge is 0.455 e. The first-order valence-electron chi connectivity index (χ1n) is 14.2. The molecule has 11 nitrogen and oxygen atoms in total. The van der Waals surface area contributed by atoms with Gasteiger partial charge in [-0.25, -0.2) is 4.79 Å². The molecule has 1 aliphatic heterocycles. The van der Waals surface area contributed by atoms with Crippen molar-refractivity contribution in [3.05, 3.63) is 47.0 Å². The van der Waals surface area contributed by atoms with Gasteiger partial charge in [0.05, 0.1) is 30.3 Å². The fourth-order valence-corrected chi connectivity index (χ4v) is 8.15. The second-order valence-corrected chi connectivity index (χ2v) is 13.0. The van der Waals surface area contributed by atoms with Gasteiger partial charge in [0.15, 0.2) is 11.7 Å². The van der Waals surface area contributed by atoms with E-state index < -0.39 is 82.5 Å². The van der Waals surface area contributed by atoms with Gasteiger partial charge in [-0.05, 0) is 30.2 Å². The number of hydrogen-bond acceptors (Lipinski definition) is 11. The summed E-state index contributed by atoms with van der Waals surface area (Å²) in [6, 6.07) is 8.12. The third-order valence-electron chi connectivity index (χ3n) is 10.4. The van der Waals surface area contributed by atoms with Gasteiger partial charge in [-0.1, -0.05) is 39.0 Å². The second-order valence-electron chi connectivity index (χ2n) is 13.0. The molecule has 0 radical (unpaired) electrons. The van der Waals surface area contributed by atoms with Crippen LogP contribution in [0, 0.1) is 16.7 Å². The highest BCUT2D eigenvalue weighted by molar-refractivity contribution is 5.89. The number of fused-ring (bicyclic) bond motifs is 5. The Morgan fingerprint density at radius 2 is 1.62 bits per heavy atom. The van der Waals surface area contributed by atoms with E-state index in [0.29, 0.717) is 5.57 Å². The van der Waals surface area contributed by atoms with E-state index in [0.717, 1.165) is 0 Å². The maximum Gasteiger partial charge on any atom is 0.338 e. The van der Waals surface area contributed by atoms with Crippen molar-refractivity contribution >= 4 is 17.9 Å². The number of aliphatic hydroxyl groups excluding tert-OH is 3. The predicted molar refractivity (Wildman–Crippen MR) is 146 cm³/mol. The first kappa shape index (κ1) is 30.6. The molecular weight excluding hydrogens is 548 g/mol. The van der Waals surface area contributed by atoms with Gasteiger partial charge in [-0.15, -0.1) is 0 Å². The molecule has 1 aromatic rings. The molecule has 230 valence electrons. The fourth-order valence-electron chi connectivity index (χ4n) is 8.15. The molecule has 2 bridgehead atoms. The first-order valence-corrected chi connectivity index (χ1v) is 14.2. The highest BCUT2D eigenvalue weighted by Crippen LogP contribution is 2.65. The Bertz CT molecular complexity index is 1310. The SMILES string of the molecule is CC(=O)OC1C2=C(C)C(O)CC(O)(C(OC(=O)c3ccccc3)C3C4(OC(C)=O)COC4CC(O)C3(C)C1O)C2(C)C. The quantitative estimate of drug-likeness (QED) is 0.228. The molecule has 0 aromatic heterocycles. The first-order chi connectivity index (χ1) is 19.5. The molecule has 1 aromatic carbocycles. The van der Waals surface area contributed by atoms with E-state index in [-0.39, 0.29) is 30.6 Å². The summed E-state index contributed by atoms with van der Waals surface area (Å²) in [5.74, 6) is -3.46. The zero-order valence-electron chi connectivity index (χ0n) is 24.7. The Morgan fingerprint density at radius 3 is 2.17 bits per heavy atom. The van der Waals surface area contributed by atoms with Crippen molar-refractivity contribution in [1.29, 1.82) is 0 Å². The van der Waals surface area contributed by atoms with Crippen molar-refractivity contribution in [1.82, 2.24) is 0 Å². The zero-order valence-corrected chi connectivity index (χ0v) is 24.7. The van der Waals surface area contributed by atoms with Gasteiger partial charge in [0.2, 0.25) is 0 Å². The average molecular weight is 589 g/mol. The van der Waals surface area contributed by atoms with Crippen LogP contribution in [0.2, 0.25) is 0 Å². The lowest BCUT2D eigenvalue weighted by Gasteiger charge is -2.69. The van der Waals surface area contributed by atoms with Gasteiger partial charge in [0, 0.05) is 37.5 Å². The lowest BCUT2D eigenvalue weighted by molar-refractivity contribution is -0.365. The normalized spacial score (nSPS) is 42.1. The summed E-state index contributed by atoms with van der Waals surface area (Å²) in [5.41, 5.74) is -5.84. The van der Waals surface area contributed by atoms with Crippen molar-refractivity contribution in [2.75, 3.05) is 6.61 Å². The van der Waals surface area contributed by atoms with Crippen molar-refractivity contribution in [3.8, 4) is 0 Å². The van der Waals surface area contributed by atoms with Crippen LogP contribution in [0.3, 0.4) is 0 Å². The van der Waals surface area contributed by atoms with Crippen LogP contribution in [0.4, 0.5) is 0 Å². The highest BCUT2D eigenvalue weighted by atomic mass is 16.6. The summed E-state index contributed by atoms with van der Waals surface area (Å²) in [6.45, 7) is 8.75. The van der Waals surface area contributed by atoms with Crippen molar-refractivity contribution < 1.29 is 53.8 Å². The van der Waals surface area contributed by atoms with Crippen LogP contribution in [0.1, 0.15) is 64.7 Å². The van der Waals surface area contributed by atoms with Crippen LogP contribution in [-0.2, 0) is 28.5 Å². The number of benzene rings is 1. The predicted octanol–water partition coefficient (Wildman–Crippen LogP) is 1.44. The third kappa shape index (κ3) is 4.16. The maximum atomic E-state index is 13.7. The summed E-state index contributed by atoms with van der Waals surface area (Å²) in [5, 5.41) is 48.2. The molecule has 11 heteroatoms. The van der Waals surface area contributed by atoms with E-state index in [1.54, 1.807) is 58.0 Å². The Kier molecular flexibility index (Phi) is 7.38. The number of ether oxygens (including phenoxy) is 4. The van der Waals surface area contributed by atoms with Gasteiger partial charge >= 0.3 is 17.9 Å². The molecule has 4 N–H and O–H groups in total. The van der Waals surface area contributed by atoms with Gasteiger partial charge < -0.3 is 39.4 Å². The molecule has 4 aliphatic rings. The van der Waals surface area contributed by atoms with Gasteiger partial charge in [0.25, 0.3) is 0 Å². The topological polar surface area (TPSA) is 169 Å². The standard InChI is InChI=1S/C31H40O11/c1-15-19(34)13-31(38)26(41-27(37)18-10-8-7-9-11-18)24-29(6,20(35)12-21-30(24,14-39-21)42-17(3)33)25(36)23(40-16(2)32)22(15)28(31,4)5/h7-11,19-21,23-26,34-36,38H,12-14H2,1-6H3. The van der Waals surface area contributed by atoms with Crippen molar-refractivity contribution in [2.24, 2.45) is 16.7 Å².